The van der Waals surface area contributed by atoms with E-state index in [1.165, 1.54) is 0 Å². The van der Waals surface area contributed by atoms with Gasteiger partial charge < -0.3 is 5.11 Å². The van der Waals surface area contributed by atoms with Crippen LogP contribution in [0.4, 0.5) is 0 Å². The molecule has 0 spiro atoms. The van der Waals surface area contributed by atoms with E-state index >= 15 is 0 Å². The Bertz CT molecular complexity index is 623. The van der Waals surface area contributed by atoms with Gasteiger partial charge in [0.2, 0.25) is 0 Å². The molecule has 1 nitrogen and oxygen atoms in total. The molecule has 0 aliphatic rings. The second-order valence-electron chi connectivity index (χ2n) is 6.01. The van der Waals surface area contributed by atoms with Crippen molar-refractivity contribution in [2.75, 3.05) is 0 Å². The van der Waals surface area contributed by atoms with Crippen molar-refractivity contribution in [3.8, 4) is 0 Å². The van der Waals surface area contributed by atoms with E-state index in [-0.39, 0.29) is 0 Å². The number of aliphatic hydroxyl groups is 1. The van der Waals surface area contributed by atoms with Gasteiger partial charge in [0.05, 0.1) is 4.20 Å². The van der Waals surface area contributed by atoms with E-state index in [9.17, 15) is 5.11 Å². The lowest BCUT2D eigenvalue weighted by atomic mass is 9.83. The average Bonchev–Trinajstić information content (AvgIpc) is 2.59. The van der Waals surface area contributed by atoms with Gasteiger partial charge in [-0.25, -0.2) is 0 Å². The van der Waals surface area contributed by atoms with E-state index in [1.54, 1.807) is 11.8 Å². The maximum Gasteiger partial charge on any atom is 0.118 e. The highest BCUT2D eigenvalue weighted by Gasteiger charge is 2.29. The second-order valence-corrected chi connectivity index (χ2v) is 8.43. The third-order valence-electron chi connectivity index (χ3n) is 3.73. The fourth-order valence-electron chi connectivity index (χ4n) is 2.57. The summed E-state index contributed by atoms with van der Waals surface area (Å²) in [6.07, 6.45) is 5.38. The van der Waals surface area contributed by atoms with E-state index in [0.717, 1.165) is 21.7 Å². The van der Waals surface area contributed by atoms with E-state index < -0.39 is 5.60 Å². The summed E-state index contributed by atoms with van der Waals surface area (Å²) in [6.45, 7) is 4.29. The molecule has 0 fully saturated rings. The SMILES string of the molecule is CC(C)SC(=S)C/C=C/CC(O)(c1ccccc1)c1ccccc1. The number of hydrogen-bond acceptors (Lipinski definition) is 3. The molecule has 0 bridgehead atoms. The molecule has 2 rings (SSSR count). The van der Waals surface area contributed by atoms with Gasteiger partial charge in [0.15, 0.2) is 0 Å². The van der Waals surface area contributed by atoms with Gasteiger partial charge in [-0.3, -0.25) is 0 Å². The number of rotatable bonds is 7. The molecule has 2 aromatic carbocycles. The van der Waals surface area contributed by atoms with Gasteiger partial charge in [-0.2, -0.15) is 0 Å². The third-order valence-corrected chi connectivity index (χ3v) is 5.09. The summed E-state index contributed by atoms with van der Waals surface area (Å²) in [7, 11) is 0. The topological polar surface area (TPSA) is 20.2 Å². The lowest BCUT2D eigenvalue weighted by Crippen LogP contribution is -2.26. The Morgan fingerprint density at radius 3 is 1.96 bits per heavy atom. The minimum absolute atomic E-state index is 0.511. The number of thioether (sulfide) groups is 1. The Kier molecular flexibility index (Phi) is 7.22. The highest BCUT2D eigenvalue weighted by molar-refractivity contribution is 8.23. The van der Waals surface area contributed by atoms with Crippen LogP contribution in [0.3, 0.4) is 0 Å². The van der Waals surface area contributed by atoms with Gasteiger partial charge in [0.25, 0.3) is 0 Å². The molecular formula is C21H24OS2. The Balaban J connectivity index is 2.15. The molecule has 24 heavy (non-hydrogen) atoms. The molecular weight excluding hydrogens is 332 g/mol. The first-order valence-electron chi connectivity index (χ1n) is 8.20. The zero-order valence-electron chi connectivity index (χ0n) is 14.2. The van der Waals surface area contributed by atoms with E-state index in [4.69, 9.17) is 12.2 Å². The summed E-state index contributed by atoms with van der Waals surface area (Å²) in [5.41, 5.74) is 0.784. The quantitative estimate of drug-likeness (QED) is 0.505. The molecule has 0 amide bonds. The predicted molar refractivity (Wildman–Crippen MR) is 110 cm³/mol. The van der Waals surface area contributed by atoms with Crippen molar-refractivity contribution in [1.29, 1.82) is 0 Å². The Hall–Kier alpha value is -1.42. The number of benzene rings is 2. The number of allylic oxidation sites excluding steroid dienone is 1. The first-order valence-corrected chi connectivity index (χ1v) is 9.49. The van der Waals surface area contributed by atoms with Crippen LogP contribution in [0.2, 0.25) is 0 Å². The van der Waals surface area contributed by atoms with E-state index in [0.29, 0.717) is 11.7 Å². The number of hydrogen-bond donors (Lipinski definition) is 1. The monoisotopic (exact) mass is 356 g/mol. The highest BCUT2D eigenvalue weighted by atomic mass is 32.2. The van der Waals surface area contributed by atoms with Crippen LogP contribution in [-0.4, -0.2) is 14.6 Å². The standard InChI is InChI=1S/C21H24OS2/c1-17(2)24-20(23)15-9-10-16-21(22,18-11-5-3-6-12-18)19-13-7-4-8-14-19/h3-14,17,22H,15-16H2,1-2H3/b10-9+. The third kappa shape index (κ3) is 5.30. The molecule has 0 atom stereocenters. The summed E-state index contributed by atoms with van der Waals surface area (Å²) in [5.74, 6) is 0. The first kappa shape index (κ1) is 18.9. The van der Waals surface area contributed by atoms with Crippen molar-refractivity contribution in [1.82, 2.24) is 0 Å². The van der Waals surface area contributed by atoms with Crippen LogP contribution in [0.15, 0.2) is 72.8 Å². The fourth-order valence-corrected chi connectivity index (χ4v) is 3.97. The van der Waals surface area contributed by atoms with Crippen LogP contribution in [0, 0.1) is 0 Å². The molecule has 1 N–H and O–H groups in total. The van der Waals surface area contributed by atoms with Gasteiger partial charge in [0, 0.05) is 18.1 Å². The molecule has 0 aliphatic carbocycles. The Labute approximate surface area is 154 Å². The minimum atomic E-state index is -1.02. The molecule has 126 valence electrons. The summed E-state index contributed by atoms with van der Waals surface area (Å²) in [5, 5.41) is 11.9. The van der Waals surface area contributed by atoms with Crippen molar-refractivity contribution in [2.24, 2.45) is 0 Å². The summed E-state index contributed by atoms with van der Waals surface area (Å²) < 4.78 is 0.990. The highest BCUT2D eigenvalue weighted by Crippen LogP contribution is 2.33. The van der Waals surface area contributed by atoms with E-state index in [2.05, 4.69) is 19.9 Å². The average molecular weight is 357 g/mol. The van der Waals surface area contributed by atoms with Crippen molar-refractivity contribution in [3.05, 3.63) is 83.9 Å². The summed E-state index contributed by atoms with van der Waals surface area (Å²) >= 11 is 7.10. The second kappa shape index (κ2) is 9.16. The fraction of sp³-hybridized carbons (Fsp3) is 0.286. The van der Waals surface area contributed by atoms with Crippen LogP contribution in [0.1, 0.15) is 37.8 Å². The molecule has 0 aromatic heterocycles. The Morgan fingerprint density at radius 2 is 1.50 bits per heavy atom. The zero-order chi connectivity index (χ0) is 17.4. The smallest absolute Gasteiger partial charge is 0.118 e. The molecule has 2 aromatic rings. The summed E-state index contributed by atoms with van der Waals surface area (Å²) in [6, 6.07) is 19.7. The van der Waals surface area contributed by atoms with Crippen LogP contribution in [0.25, 0.3) is 0 Å². The normalized spacial score (nSPS) is 12.0. The van der Waals surface area contributed by atoms with Gasteiger partial charge in [-0.05, 0) is 11.1 Å². The largest absolute Gasteiger partial charge is 0.380 e. The molecule has 0 saturated heterocycles. The minimum Gasteiger partial charge on any atom is -0.380 e. The maximum absolute atomic E-state index is 11.4. The molecule has 0 aliphatic heterocycles. The van der Waals surface area contributed by atoms with E-state index in [1.807, 2.05) is 66.7 Å². The zero-order valence-corrected chi connectivity index (χ0v) is 15.8. The molecule has 3 heteroatoms. The van der Waals surface area contributed by atoms with Gasteiger partial charge in [-0.15, -0.1) is 11.8 Å². The Morgan fingerprint density at radius 1 is 1.00 bits per heavy atom. The maximum atomic E-state index is 11.4. The summed E-state index contributed by atoms with van der Waals surface area (Å²) in [4.78, 5) is 0. The lowest BCUT2D eigenvalue weighted by Gasteiger charge is -2.28. The van der Waals surface area contributed by atoms with Crippen LogP contribution in [0.5, 0.6) is 0 Å². The molecule has 0 unspecified atom stereocenters. The molecule has 0 radical (unpaired) electrons. The van der Waals surface area contributed by atoms with Gasteiger partial charge in [-0.1, -0.05) is 98.9 Å². The van der Waals surface area contributed by atoms with Crippen molar-refractivity contribution in [3.63, 3.8) is 0 Å². The van der Waals surface area contributed by atoms with Crippen molar-refractivity contribution >= 4 is 28.2 Å². The predicted octanol–water partition coefficient (Wildman–Crippen LogP) is 5.73. The van der Waals surface area contributed by atoms with Gasteiger partial charge in [0.1, 0.15) is 5.60 Å². The van der Waals surface area contributed by atoms with Crippen molar-refractivity contribution in [2.45, 2.75) is 37.5 Å². The number of thiocarbonyl (C=S) groups is 1. The van der Waals surface area contributed by atoms with Gasteiger partial charge >= 0.3 is 0 Å². The first-order chi connectivity index (χ1) is 11.5. The van der Waals surface area contributed by atoms with Crippen molar-refractivity contribution < 1.29 is 5.11 Å². The van der Waals surface area contributed by atoms with Crippen LogP contribution in [-0.2, 0) is 5.60 Å². The van der Waals surface area contributed by atoms with Crippen LogP contribution >= 0.6 is 24.0 Å². The molecule has 0 heterocycles. The molecule has 0 saturated carbocycles. The van der Waals surface area contributed by atoms with Crippen LogP contribution < -0.4 is 0 Å². The lowest BCUT2D eigenvalue weighted by molar-refractivity contribution is 0.0841.